The standard InChI is InChI=1S/C24H34N4O2.HI/c1-19-6-8-22(9-7-19)28-13-2-4-21(17-28)27-24(26-16-20-11-15-29-18-20)25-12-10-23-5-3-14-30-23;/h3,5-9,14,20-21H,2,4,10-13,15-18H2,1H3,(H2,25,26,27);1H. The van der Waals surface area contributed by atoms with Gasteiger partial charge in [-0.3, -0.25) is 4.99 Å². The predicted octanol–water partition coefficient (Wildman–Crippen LogP) is 3.99. The quantitative estimate of drug-likeness (QED) is 0.317. The zero-order valence-corrected chi connectivity index (χ0v) is 20.7. The monoisotopic (exact) mass is 538 g/mol. The first-order chi connectivity index (χ1) is 14.8. The molecule has 0 aliphatic carbocycles. The number of guanidine groups is 1. The van der Waals surface area contributed by atoms with Crippen molar-refractivity contribution in [1.29, 1.82) is 0 Å². The van der Waals surface area contributed by atoms with Crippen LogP contribution in [0.3, 0.4) is 0 Å². The molecule has 31 heavy (non-hydrogen) atoms. The fourth-order valence-electron chi connectivity index (χ4n) is 4.14. The van der Waals surface area contributed by atoms with Gasteiger partial charge in [0.2, 0.25) is 0 Å². The number of nitrogens with one attached hydrogen (secondary N) is 2. The molecule has 1 aromatic carbocycles. The number of ether oxygens (including phenoxy) is 1. The first-order valence-electron chi connectivity index (χ1n) is 11.2. The lowest BCUT2D eigenvalue weighted by atomic mass is 10.0. The molecule has 7 heteroatoms. The number of nitrogens with zero attached hydrogens (tertiary/aromatic N) is 2. The highest BCUT2D eigenvalue weighted by Crippen LogP contribution is 2.20. The minimum Gasteiger partial charge on any atom is -0.469 e. The number of hydrogen-bond donors (Lipinski definition) is 2. The Labute approximate surface area is 202 Å². The summed E-state index contributed by atoms with van der Waals surface area (Å²) in [5, 5.41) is 7.21. The van der Waals surface area contributed by atoms with E-state index in [1.165, 1.54) is 17.7 Å². The molecule has 2 aliphatic rings. The highest BCUT2D eigenvalue weighted by molar-refractivity contribution is 14.0. The lowest BCUT2D eigenvalue weighted by Gasteiger charge is -2.35. The zero-order valence-electron chi connectivity index (χ0n) is 18.4. The number of benzene rings is 1. The molecule has 0 saturated carbocycles. The molecule has 0 radical (unpaired) electrons. The molecule has 2 N–H and O–H groups in total. The van der Waals surface area contributed by atoms with Gasteiger partial charge in [0.15, 0.2) is 5.96 Å². The molecular formula is C24H35IN4O2. The van der Waals surface area contributed by atoms with Crippen LogP contribution in [0.25, 0.3) is 0 Å². The van der Waals surface area contributed by atoms with E-state index in [2.05, 4.69) is 46.7 Å². The zero-order chi connectivity index (χ0) is 20.6. The Morgan fingerprint density at radius 3 is 2.81 bits per heavy atom. The second kappa shape index (κ2) is 12.3. The van der Waals surface area contributed by atoms with Crippen LogP contribution in [0.5, 0.6) is 0 Å². The molecule has 2 fully saturated rings. The first kappa shape index (κ1) is 23.9. The maximum Gasteiger partial charge on any atom is 0.191 e. The van der Waals surface area contributed by atoms with E-state index in [1.54, 1.807) is 6.26 Å². The maximum absolute atomic E-state index is 5.51. The molecule has 0 bridgehead atoms. The molecule has 2 unspecified atom stereocenters. The second-order valence-electron chi connectivity index (χ2n) is 8.44. The number of halogens is 1. The summed E-state index contributed by atoms with van der Waals surface area (Å²) in [6.07, 6.45) is 6.02. The Morgan fingerprint density at radius 1 is 1.19 bits per heavy atom. The molecule has 1 aromatic heterocycles. The smallest absolute Gasteiger partial charge is 0.191 e. The summed E-state index contributed by atoms with van der Waals surface area (Å²) >= 11 is 0. The fraction of sp³-hybridized carbons (Fsp3) is 0.542. The van der Waals surface area contributed by atoms with Crippen LogP contribution in [-0.2, 0) is 11.2 Å². The van der Waals surface area contributed by atoms with Gasteiger partial charge in [0.05, 0.1) is 12.9 Å². The van der Waals surface area contributed by atoms with Crippen molar-refractivity contribution in [2.75, 3.05) is 44.3 Å². The number of rotatable bonds is 7. The predicted molar refractivity (Wildman–Crippen MR) is 137 cm³/mol. The van der Waals surface area contributed by atoms with E-state index in [-0.39, 0.29) is 24.0 Å². The summed E-state index contributed by atoms with van der Waals surface area (Å²) < 4.78 is 11.0. The van der Waals surface area contributed by atoms with E-state index in [0.29, 0.717) is 12.0 Å². The van der Waals surface area contributed by atoms with Crippen LogP contribution in [0.1, 0.15) is 30.6 Å². The molecule has 0 spiro atoms. The Kier molecular flexibility index (Phi) is 9.52. The molecule has 2 saturated heterocycles. The summed E-state index contributed by atoms with van der Waals surface area (Å²) in [5.41, 5.74) is 2.61. The third-order valence-electron chi connectivity index (χ3n) is 5.94. The van der Waals surface area contributed by atoms with Crippen molar-refractivity contribution < 1.29 is 9.15 Å². The van der Waals surface area contributed by atoms with Crippen LogP contribution in [0.4, 0.5) is 5.69 Å². The highest BCUT2D eigenvalue weighted by Gasteiger charge is 2.22. The third kappa shape index (κ3) is 7.42. The van der Waals surface area contributed by atoms with E-state index in [1.807, 2.05) is 12.1 Å². The van der Waals surface area contributed by atoms with E-state index in [4.69, 9.17) is 14.1 Å². The van der Waals surface area contributed by atoms with Gasteiger partial charge in [0, 0.05) is 56.9 Å². The van der Waals surface area contributed by atoms with Crippen molar-refractivity contribution in [3.8, 4) is 0 Å². The average molecular weight is 538 g/mol. The van der Waals surface area contributed by atoms with Gasteiger partial charge in [-0.1, -0.05) is 17.7 Å². The van der Waals surface area contributed by atoms with Gasteiger partial charge in [-0.2, -0.15) is 0 Å². The molecule has 2 aromatic rings. The lowest BCUT2D eigenvalue weighted by molar-refractivity contribution is 0.187. The van der Waals surface area contributed by atoms with Crippen molar-refractivity contribution in [3.05, 3.63) is 54.0 Å². The van der Waals surface area contributed by atoms with E-state index >= 15 is 0 Å². The SMILES string of the molecule is Cc1ccc(N2CCCC(NC(=NCC3CCOC3)NCCc3ccco3)C2)cc1.I. The second-order valence-corrected chi connectivity index (χ2v) is 8.44. The molecule has 2 aliphatic heterocycles. The normalized spacial score (nSPS) is 21.6. The Hall–Kier alpha value is -1.74. The van der Waals surface area contributed by atoms with Crippen LogP contribution < -0.4 is 15.5 Å². The van der Waals surface area contributed by atoms with Crippen LogP contribution in [0.15, 0.2) is 52.1 Å². The fourth-order valence-corrected chi connectivity index (χ4v) is 4.14. The Balaban J connectivity index is 0.00000272. The molecule has 6 nitrogen and oxygen atoms in total. The van der Waals surface area contributed by atoms with Crippen LogP contribution >= 0.6 is 24.0 Å². The number of furan rings is 1. The Morgan fingerprint density at radius 2 is 2.06 bits per heavy atom. The van der Waals surface area contributed by atoms with Crippen molar-refractivity contribution in [1.82, 2.24) is 10.6 Å². The van der Waals surface area contributed by atoms with Gasteiger partial charge >= 0.3 is 0 Å². The number of anilines is 1. The van der Waals surface area contributed by atoms with Gasteiger partial charge in [0.1, 0.15) is 5.76 Å². The van der Waals surface area contributed by atoms with Crippen LogP contribution in [-0.4, -0.2) is 51.4 Å². The first-order valence-corrected chi connectivity index (χ1v) is 11.2. The summed E-state index contributed by atoms with van der Waals surface area (Å²) in [6, 6.07) is 13.2. The maximum atomic E-state index is 5.51. The van der Waals surface area contributed by atoms with Gasteiger partial charge in [0.25, 0.3) is 0 Å². The van der Waals surface area contributed by atoms with Gasteiger partial charge in [-0.05, 0) is 50.5 Å². The summed E-state index contributed by atoms with van der Waals surface area (Å²) in [7, 11) is 0. The largest absolute Gasteiger partial charge is 0.469 e. The average Bonchev–Trinajstić information content (AvgIpc) is 3.47. The molecular weight excluding hydrogens is 503 g/mol. The third-order valence-corrected chi connectivity index (χ3v) is 5.94. The van der Waals surface area contributed by atoms with Crippen molar-refractivity contribution in [3.63, 3.8) is 0 Å². The van der Waals surface area contributed by atoms with Crippen molar-refractivity contribution >= 4 is 35.6 Å². The summed E-state index contributed by atoms with van der Waals surface area (Å²) in [6.45, 7) is 7.54. The summed E-state index contributed by atoms with van der Waals surface area (Å²) in [5.74, 6) is 2.43. The van der Waals surface area contributed by atoms with E-state index in [0.717, 1.165) is 70.4 Å². The van der Waals surface area contributed by atoms with Crippen LogP contribution in [0.2, 0.25) is 0 Å². The van der Waals surface area contributed by atoms with Crippen molar-refractivity contribution in [2.24, 2.45) is 10.9 Å². The summed E-state index contributed by atoms with van der Waals surface area (Å²) in [4.78, 5) is 7.37. The number of aliphatic imine (C=N–C) groups is 1. The van der Waals surface area contributed by atoms with Crippen LogP contribution in [0, 0.1) is 12.8 Å². The minimum atomic E-state index is 0. The van der Waals surface area contributed by atoms with Gasteiger partial charge in [-0.15, -0.1) is 24.0 Å². The van der Waals surface area contributed by atoms with Crippen molar-refractivity contribution in [2.45, 2.75) is 38.6 Å². The number of aryl methyl sites for hydroxylation is 1. The lowest BCUT2D eigenvalue weighted by Crippen LogP contribution is -2.51. The number of piperidine rings is 1. The molecule has 2 atom stereocenters. The van der Waals surface area contributed by atoms with E-state index in [9.17, 15) is 0 Å². The Bertz CT molecular complexity index is 788. The van der Waals surface area contributed by atoms with Gasteiger partial charge < -0.3 is 24.7 Å². The topological polar surface area (TPSA) is 62.0 Å². The molecule has 4 rings (SSSR count). The molecule has 0 amide bonds. The molecule has 3 heterocycles. The highest BCUT2D eigenvalue weighted by atomic mass is 127. The van der Waals surface area contributed by atoms with E-state index < -0.39 is 0 Å². The molecule has 170 valence electrons. The minimum absolute atomic E-state index is 0. The van der Waals surface area contributed by atoms with Gasteiger partial charge in [-0.25, -0.2) is 0 Å². The number of hydrogen-bond acceptors (Lipinski definition) is 4.